The highest BCUT2D eigenvalue weighted by Gasteiger charge is 2.67. The van der Waals surface area contributed by atoms with E-state index < -0.39 is 4.92 Å². The fraction of sp³-hybridized carbons (Fsp3) is 0.320. The average molecular weight is 695 g/mol. The van der Waals surface area contributed by atoms with Crippen LogP contribution in [0.25, 0.3) is 0 Å². The molecule has 1 aliphatic heterocycles. The Hall–Kier alpha value is -2.35. The normalized spacial score (nSPS) is 30.1. The molecule has 0 spiro atoms. The van der Waals surface area contributed by atoms with Gasteiger partial charge in [-0.1, -0.05) is 12.2 Å². The van der Waals surface area contributed by atoms with Crippen LogP contribution in [0.15, 0.2) is 53.7 Å². The number of halogens is 2. The first-order valence-corrected chi connectivity index (χ1v) is 13.4. The molecule has 4 aliphatic carbocycles. The first kappa shape index (κ1) is 23.1. The van der Waals surface area contributed by atoms with E-state index in [1.807, 2.05) is 12.1 Å². The highest BCUT2D eigenvalue weighted by molar-refractivity contribution is 14.1. The van der Waals surface area contributed by atoms with Crippen LogP contribution in [-0.4, -0.2) is 28.0 Å². The van der Waals surface area contributed by atoms with Crippen molar-refractivity contribution in [1.29, 1.82) is 0 Å². The van der Waals surface area contributed by atoms with Gasteiger partial charge in [0.1, 0.15) is 12.4 Å². The Morgan fingerprint density at radius 3 is 2.14 bits per heavy atom. The summed E-state index contributed by atoms with van der Waals surface area (Å²) < 4.78 is 7.68. The van der Waals surface area contributed by atoms with Crippen LogP contribution in [0.4, 0.5) is 5.69 Å². The largest absolute Gasteiger partial charge is 0.487 e. The third kappa shape index (κ3) is 3.88. The van der Waals surface area contributed by atoms with Gasteiger partial charge in [0.05, 0.1) is 30.1 Å². The number of benzene rings is 2. The number of nitrogens with zero attached hydrogens (tertiary/aromatic N) is 3. The number of nitro groups is 1. The van der Waals surface area contributed by atoms with Gasteiger partial charge < -0.3 is 4.74 Å². The van der Waals surface area contributed by atoms with E-state index in [0.29, 0.717) is 17.6 Å². The van der Waals surface area contributed by atoms with Gasteiger partial charge in [0, 0.05) is 12.1 Å². The Kier molecular flexibility index (Phi) is 5.70. The van der Waals surface area contributed by atoms with E-state index in [1.165, 1.54) is 12.1 Å². The first-order valence-electron chi connectivity index (χ1n) is 11.3. The minimum absolute atomic E-state index is 0.0384. The summed E-state index contributed by atoms with van der Waals surface area (Å²) in [6, 6.07) is 10.0. The van der Waals surface area contributed by atoms with Crippen LogP contribution < -0.4 is 4.74 Å². The third-order valence-electron chi connectivity index (χ3n) is 7.51. The summed E-state index contributed by atoms with van der Waals surface area (Å²) in [6.45, 7) is 0.273. The Morgan fingerprint density at radius 2 is 1.60 bits per heavy atom. The molecule has 178 valence electrons. The predicted molar refractivity (Wildman–Crippen MR) is 143 cm³/mol. The fourth-order valence-corrected chi connectivity index (χ4v) is 7.97. The number of nitro benzene ring substituents is 1. The van der Waals surface area contributed by atoms with Gasteiger partial charge in [-0.05, 0) is 111 Å². The zero-order chi connectivity index (χ0) is 24.4. The van der Waals surface area contributed by atoms with Crippen molar-refractivity contribution in [3.63, 3.8) is 0 Å². The van der Waals surface area contributed by atoms with Crippen molar-refractivity contribution in [2.75, 3.05) is 0 Å². The van der Waals surface area contributed by atoms with Gasteiger partial charge in [0.15, 0.2) is 0 Å². The van der Waals surface area contributed by atoms with Gasteiger partial charge in [-0.3, -0.25) is 19.7 Å². The zero-order valence-electron chi connectivity index (χ0n) is 18.2. The molecule has 3 fully saturated rings. The van der Waals surface area contributed by atoms with Crippen molar-refractivity contribution >= 4 is 68.9 Å². The molecule has 35 heavy (non-hydrogen) atoms. The van der Waals surface area contributed by atoms with E-state index >= 15 is 0 Å². The van der Waals surface area contributed by atoms with E-state index in [4.69, 9.17) is 4.74 Å². The summed E-state index contributed by atoms with van der Waals surface area (Å²) in [4.78, 5) is 36.6. The minimum atomic E-state index is -0.433. The van der Waals surface area contributed by atoms with Gasteiger partial charge in [0.2, 0.25) is 0 Å². The summed E-state index contributed by atoms with van der Waals surface area (Å²) in [5.41, 5.74) is 1.62. The molecule has 8 nitrogen and oxygen atoms in total. The Balaban J connectivity index is 1.16. The van der Waals surface area contributed by atoms with Crippen molar-refractivity contribution in [1.82, 2.24) is 5.01 Å². The maximum Gasteiger partial charge on any atom is 0.269 e. The maximum atomic E-state index is 13.1. The van der Waals surface area contributed by atoms with Crippen molar-refractivity contribution in [3.05, 3.63) is 76.9 Å². The fourth-order valence-electron chi connectivity index (χ4n) is 5.84. The monoisotopic (exact) mass is 695 g/mol. The van der Waals surface area contributed by atoms with E-state index in [-0.39, 0.29) is 47.8 Å². The first-order chi connectivity index (χ1) is 16.8. The number of hydrogen-bond donors (Lipinski definition) is 0. The van der Waals surface area contributed by atoms with Gasteiger partial charge >= 0.3 is 0 Å². The number of ether oxygens (including phenoxy) is 1. The molecule has 0 N–H and O–H groups in total. The Bertz CT molecular complexity index is 1270. The lowest BCUT2D eigenvalue weighted by Crippen LogP contribution is -2.40. The van der Waals surface area contributed by atoms with Crippen molar-refractivity contribution in [2.45, 2.75) is 13.0 Å². The lowest BCUT2D eigenvalue weighted by molar-refractivity contribution is -0.384. The number of carbonyl (C=O) groups excluding carboxylic acids is 2. The number of imide groups is 1. The maximum absolute atomic E-state index is 13.1. The molecule has 2 bridgehead atoms. The second kappa shape index (κ2) is 8.64. The molecule has 1 saturated heterocycles. The van der Waals surface area contributed by atoms with Crippen LogP contribution in [0.5, 0.6) is 5.75 Å². The summed E-state index contributed by atoms with van der Waals surface area (Å²) in [5.74, 6) is 1.33. The molecule has 0 unspecified atom stereocenters. The van der Waals surface area contributed by atoms with Crippen LogP contribution >= 0.6 is 45.2 Å². The number of rotatable bonds is 6. The smallest absolute Gasteiger partial charge is 0.269 e. The van der Waals surface area contributed by atoms with Gasteiger partial charge in [-0.2, -0.15) is 10.1 Å². The van der Waals surface area contributed by atoms with E-state index in [2.05, 4.69) is 62.4 Å². The van der Waals surface area contributed by atoms with Crippen LogP contribution in [0.3, 0.4) is 0 Å². The number of hydrogen-bond acceptors (Lipinski definition) is 6. The molecule has 10 heteroatoms. The topological polar surface area (TPSA) is 102 Å². The molecule has 0 radical (unpaired) electrons. The zero-order valence-corrected chi connectivity index (χ0v) is 22.5. The molecule has 2 aromatic carbocycles. The molecule has 2 amide bonds. The van der Waals surface area contributed by atoms with E-state index in [1.54, 1.807) is 18.3 Å². The quantitative estimate of drug-likeness (QED) is 0.108. The highest BCUT2D eigenvalue weighted by Crippen LogP contribution is 2.65. The van der Waals surface area contributed by atoms with E-state index in [9.17, 15) is 19.7 Å². The number of allylic oxidation sites excluding steroid dienone is 2. The molecular weight excluding hydrogens is 676 g/mol. The average Bonchev–Trinajstić information content (AvgIpc) is 3.62. The highest BCUT2D eigenvalue weighted by atomic mass is 127. The molecule has 5 aliphatic rings. The van der Waals surface area contributed by atoms with E-state index in [0.717, 1.165) is 29.7 Å². The molecule has 7 rings (SSSR count). The number of hydrazone groups is 1. The Morgan fingerprint density at radius 1 is 1.03 bits per heavy atom. The van der Waals surface area contributed by atoms with Crippen LogP contribution in [0, 0.1) is 52.8 Å². The van der Waals surface area contributed by atoms with Crippen LogP contribution in [-0.2, 0) is 16.2 Å². The number of non-ortho nitro benzene ring substituents is 1. The summed E-state index contributed by atoms with van der Waals surface area (Å²) in [6.07, 6.45) is 7.00. The standard InChI is InChI=1S/C25H19I2N3O5/c26-19-7-13(8-20(27)23(19)35-11-12-1-3-14(4-2-12)30(33)34)10-28-29-24(31)21-15-5-6-16(18-9-17(15)18)22(21)25(29)32/h1-8,10,15-18,21-22H,9,11H2/b28-10-/t15-,16-,17-,18+,21-,22+/m0/s1. The second-order valence-electron chi connectivity index (χ2n) is 9.41. The van der Waals surface area contributed by atoms with Crippen molar-refractivity contribution in [2.24, 2.45) is 40.6 Å². The molecular formula is C25H19I2N3O5. The lowest BCUT2D eigenvalue weighted by atomic mass is 9.63. The van der Waals surface area contributed by atoms with Gasteiger partial charge in [0.25, 0.3) is 17.5 Å². The lowest BCUT2D eigenvalue weighted by Gasteiger charge is -2.37. The van der Waals surface area contributed by atoms with Gasteiger partial charge in [-0.15, -0.1) is 0 Å². The SMILES string of the molecule is O=C1[C@@H]2[C@H]3C=C[C@@H]([C@@H]4C[C@H]34)[C@@H]2C(=O)N1/N=C\c1cc(I)c(OCc2ccc([N+](=O)[O-])cc2)c(I)c1. The predicted octanol–water partition coefficient (Wildman–Crippen LogP) is 4.77. The summed E-state index contributed by atoms with van der Waals surface area (Å²) >= 11 is 4.35. The second-order valence-corrected chi connectivity index (χ2v) is 11.7. The van der Waals surface area contributed by atoms with Crippen molar-refractivity contribution < 1.29 is 19.2 Å². The molecule has 2 saturated carbocycles. The molecule has 1 heterocycles. The van der Waals surface area contributed by atoms with Crippen molar-refractivity contribution in [3.8, 4) is 5.75 Å². The molecule has 6 atom stereocenters. The number of amides is 2. The molecule has 2 aromatic rings. The summed E-state index contributed by atoms with van der Waals surface area (Å²) in [5, 5.41) is 16.2. The number of carbonyl (C=O) groups is 2. The Labute approximate surface area is 228 Å². The minimum Gasteiger partial charge on any atom is -0.487 e. The summed E-state index contributed by atoms with van der Waals surface area (Å²) in [7, 11) is 0. The van der Waals surface area contributed by atoms with Crippen LogP contribution in [0.2, 0.25) is 0 Å². The third-order valence-corrected chi connectivity index (χ3v) is 9.12. The van der Waals surface area contributed by atoms with Crippen LogP contribution in [0.1, 0.15) is 17.5 Å². The van der Waals surface area contributed by atoms with Gasteiger partial charge in [-0.25, -0.2) is 0 Å². The molecule has 0 aromatic heterocycles.